The number of allylic oxidation sites excluding steroid dienone is 4. The van der Waals surface area contributed by atoms with Crippen molar-refractivity contribution in [2.24, 2.45) is 7.05 Å². The van der Waals surface area contributed by atoms with E-state index in [2.05, 4.69) is 0 Å². The summed E-state index contributed by atoms with van der Waals surface area (Å²) in [6.45, 7) is 1.98. The van der Waals surface area contributed by atoms with E-state index in [4.69, 9.17) is 0 Å². The number of nitrogens with zero attached hydrogens (tertiary/aromatic N) is 1. The topological polar surface area (TPSA) is 59.3 Å². The van der Waals surface area contributed by atoms with Gasteiger partial charge in [-0.3, -0.25) is 9.59 Å². The zero-order valence-electron chi connectivity index (χ0n) is 15.4. The van der Waals surface area contributed by atoms with Crippen LogP contribution < -0.4 is 5.56 Å². The molecule has 2 aromatic rings. The molecule has 140 valence electrons. The van der Waals surface area contributed by atoms with E-state index in [1.807, 2.05) is 25.2 Å². The number of hydrogen-bond donors (Lipinski definition) is 1. The molecule has 0 fully saturated rings. The number of aromatic nitrogens is 1. The number of carbonyl (C=O) groups is 1. The maximum atomic E-state index is 14.6. The monoisotopic (exact) mass is 367 g/mol. The lowest BCUT2D eigenvalue weighted by molar-refractivity contribution is 0.0972. The van der Waals surface area contributed by atoms with Crippen LogP contribution >= 0.6 is 0 Å². The first kappa shape index (κ1) is 18.8. The molecule has 3 rings (SSSR count). The van der Waals surface area contributed by atoms with Gasteiger partial charge in [0.05, 0.1) is 0 Å². The number of carbonyl (C=O) groups excluding carboxylic acids is 1. The fraction of sp³-hybridized carbons (Fsp3) is 0.273. The third-order valence-corrected chi connectivity index (χ3v) is 5.09. The van der Waals surface area contributed by atoms with E-state index in [1.54, 1.807) is 13.1 Å². The van der Waals surface area contributed by atoms with Crippen molar-refractivity contribution in [1.29, 1.82) is 0 Å². The van der Waals surface area contributed by atoms with Crippen LogP contribution in [0.5, 0.6) is 5.75 Å². The first-order valence-corrected chi connectivity index (χ1v) is 8.85. The molecule has 0 bridgehead atoms. The third kappa shape index (κ3) is 3.92. The van der Waals surface area contributed by atoms with Crippen molar-refractivity contribution in [3.63, 3.8) is 0 Å². The molecule has 4 nitrogen and oxygen atoms in total. The van der Waals surface area contributed by atoms with Crippen LogP contribution in [-0.2, 0) is 12.5 Å². The van der Waals surface area contributed by atoms with E-state index < -0.39 is 11.2 Å². The van der Waals surface area contributed by atoms with E-state index in [1.165, 1.54) is 29.0 Å². The van der Waals surface area contributed by atoms with Gasteiger partial charge in [-0.05, 0) is 37.5 Å². The second-order valence-electron chi connectivity index (χ2n) is 7.16. The SMILES string of the molecule is CC1=CC=CC(CCC(=O)c2ccc(=O)n(C)c2)(c2ccc(O)cc2F)C1. The quantitative estimate of drug-likeness (QED) is 0.812. The summed E-state index contributed by atoms with van der Waals surface area (Å²) in [4.78, 5) is 24.2. The van der Waals surface area contributed by atoms with Gasteiger partial charge >= 0.3 is 0 Å². The summed E-state index contributed by atoms with van der Waals surface area (Å²) in [5.41, 5.74) is 1.21. The Bertz CT molecular complexity index is 1000. The molecule has 1 aliphatic carbocycles. The number of benzene rings is 1. The molecule has 1 N–H and O–H groups in total. The summed E-state index contributed by atoms with van der Waals surface area (Å²) in [7, 11) is 1.60. The highest BCUT2D eigenvalue weighted by molar-refractivity contribution is 5.95. The summed E-state index contributed by atoms with van der Waals surface area (Å²) < 4.78 is 16.0. The fourth-order valence-corrected chi connectivity index (χ4v) is 3.65. The highest BCUT2D eigenvalue weighted by atomic mass is 19.1. The lowest BCUT2D eigenvalue weighted by atomic mass is 9.69. The molecule has 27 heavy (non-hydrogen) atoms. The first-order chi connectivity index (χ1) is 12.8. The van der Waals surface area contributed by atoms with Crippen molar-refractivity contribution in [3.05, 3.63) is 87.6 Å². The number of pyridine rings is 1. The predicted octanol–water partition coefficient (Wildman–Crippen LogP) is 4.04. The zero-order chi connectivity index (χ0) is 19.6. The van der Waals surface area contributed by atoms with Crippen LogP contribution in [0.3, 0.4) is 0 Å². The van der Waals surface area contributed by atoms with E-state index in [0.717, 1.165) is 11.6 Å². The molecule has 5 heteroatoms. The van der Waals surface area contributed by atoms with Gasteiger partial charge < -0.3 is 9.67 Å². The largest absolute Gasteiger partial charge is 0.508 e. The summed E-state index contributed by atoms with van der Waals surface area (Å²) >= 11 is 0. The molecule has 0 amide bonds. The molecule has 0 saturated heterocycles. The molecule has 1 aromatic heterocycles. The van der Waals surface area contributed by atoms with Gasteiger partial charge in [0.1, 0.15) is 11.6 Å². The Morgan fingerprint density at radius 1 is 1.30 bits per heavy atom. The van der Waals surface area contributed by atoms with Crippen molar-refractivity contribution >= 4 is 5.78 Å². The maximum absolute atomic E-state index is 14.6. The number of hydrogen-bond acceptors (Lipinski definition) is 3. The van der Waals surface area contributed by atoms with E-state index in [-0.39, 0.29) is 23.5 Å². The number of rotatable bonds is 5. The Hall–Kier alpha value is -2.95. The molecule has 0 radical (unpaired) electrons. The highest BCUT2D eigenvalue weighted by Gasteiger charge is 2.34. The highest BCUT2D eigenvalue weighted by Crippen LogP contribution is 2.41. The molecule has 1 heterocycles. The lowest BCUT2D eigenvalue weighted by Gasteiger charge is -2.34. The van der Waals surface area contributed by atoms with Gasteiger partial charge in [-0.1, -0.05) is 29.9 Å². The van der Waals surface area contributed by atoms with Gasteiger partial charge in [0.25, 0.3) is 0 Å². The van der Waals surface area contributed by atoms with Gasteiger partial charge in [0.15, 0.2) is 5.78 Å². The normalized spacial score (nSPS) is 19.0. The molecule has 0 aliphatic heterocycles. The Morgan fingerprint density at radius 3 is 2.74 bits per heavy atom. The first-order valence-electron chi connectivity index (χ1n) is 8.85. The minimum atomic E-state index is -0.646. The standard InChI is InChI=1S/C22H22FNO3/c1-15-4-3-10-22(13-15,18-7-6-17(25)12-19(18)23)11-9-20(26)16-5-8-21(27)24(2)14-16/h3-8,10,12,14,25H,9,11,13H2,1-2H3. The maximum Gasteiger partial charge on any atom is 0.250 e. The number of halogens is 1. The third-order valence-electron chi connectivity index (χ3n) is 5.09. The molecule has 0 spiro atoms. The number of ketones is 1. The number of aryl methyl sites for hydroxylation is 1. The van der Waals surface area contributed by atoms with Crippen molar-refractivity contribution in [1.82, 2.24) is 4.57 Å². The van der Waals surface area contributed by atoms with E-state index >= 15 is 0 Å². The Kier molecular flexibility index (Phi) is 5.13. The summed E-state index contributed by atoms with van der Waals surface area (Å²) in [5.74, 6) is -0.701. The molecule has 1 atom stereocenters. The van der Waals surface area contributed by atoms with E-state index in [0.29, 0.717) is 24.0 Å². The second kappa shape index (κ2) is 7.35. The van der Waals surface area contributed by atoms with Crippen LogP contribution in [0, 0.1) is 5.82 Å². The van der Waals surface area contributed by atoms with Gasteiger partial charge in [0.2, 0.25) is 5.56 Å². The fourth-order valence-electron chi connectivity index (χ4n) is 3.65. The predicted molar refractivity (Wildman–Crippen MR) is 103 cm³/mol. The summed E-state index contributed by atoms with van der Waals surface area (Å²) in [5, 5.41) is 9.54. The average Bonchev–Trinajstić information content (AvgIpc) is 2.62. The van der Waals surface area contributed by atoms with Crippen LogP contribution in [0.25, 0.3) is 0 Å². The number of phenolic OH excluding ortho intramolecular Hbond substituents is 1. The Morgan fingerprint density at radius 2 is 2.07 bits per heavy atom. The van der Waals surface area contributed by atoms with Crippen LogP contribution in [0.1, 0.15) is 42.1 Å². The second-order valence-corrected chi connectivity index (χ2v) is 7.16. The molecule has 1 unspecified atom stereocenters. The van der Waals surface area contributed by atoms with Crippen LogP contribution in [0.4, 0.5) is 4.39 Å². The van der Waals surface area contributed by atoms with Gasteiger partial charge in [-0.15, -0.1) is 0 Å². The van der Waals surface area contributed by atoms with Crippen molar-refractivity contribution in [3.8, 4) is 5.75 Å². The Balaban J connectivity index is 1.90. The van der Waals surface area contributed by atoms with Gasteiger partial charge in [-0.25, -0.2) is 4.39 Å². The van der Waals surface area contributed by atoms with Crippen molar-refractivity contribution in [2.75, 3.05) is 0 Å². The zero-order valence-corrected chi connectivity index (χ0v) is 15.4. The van der Waals surface area contributed by atoms with Crippen LogP contribution in [0.15, 0.2) is 65.1 Å². The minimum absolute atomic E-state index is 0.0928. The molecule has 1 aromatic carbocycles. The van der Waals surface area contributed by atoms with Gasteiger partial charge in [0, 0.05) is 42.8 Å². The number of aromatic hydroxyl groups is 1. The lowest BCUT2D eigenvalue weighted by Crippen LogP contribution is -2.28. The average molecular weight is 367 g/mol. The number of phenols is 1. The molecular weight excluding hydrogens is 345 g/mol. The van der Waals surface area contributed by atoms with E-state index in [9.17, 15) is 19.1 Å². The molecular formula is C22H22FNO3. The summed E-state index contributed by atoms with van der Waals surface area (Å²) in [6.07, 6.45) is 8.58. The number of Topliss-reactive ketones (excluding diaryl/α,β-unsaturated/α-hetero) is 1. The van der Waals surface area contributed by atoms with Crippen LogP contribution in [-0.4, -0.2) is 15.5 Å². The smallest absolute Gasteiger partial charge is 0.250 e. The molecule has 1 aliphatic rings. The van der Waals surface area contributed by atoms with Crippen molar-refractivity contribution < 1.29 is 14.3 Å². The van der Waals surface area contributed by atoms with Crippen LogP contribution in [0.2, 0.25) is 0 Å². The summed E-state index contributed by atoms with van der Waals surface area (Å²) in [6, 6.07) is 7.06. The Labute approximate surface area is 157 Å². The van der Waals surface area contributed by atoms with Crippen molar-refractivity contribution in [2.45, 2.75) is 31.6 Å². The van der Waals surface area contributed by atoms with Gasteiger partial charge in [-0.2, -0.15) is 0 Å². The molecule has 0 saturated carbocycles. The minimum Gasteiger partial charge on any atom is -0.508 e.